The fraction of sp³-hybridized carbons (Fsp3) is 0.222. The fourth-order valence-electron chi connectivity index (χ4n) is 2.14. The number of hydrogen-bond acceptors (Lipinski definition) is 4. The second-order valence-electron chi connectivity index (χ2n) is 4.72. The van der Waals surface area contributed by atoms with Crippen LogP contribution in [-0.4, -0.2) is 26.4 Å². The van der Waals surface area contributed by atoms with Crippen LogP contribution in [0.15, 0.2) is 42.5 Å². The van der Waals surface area contributed by atoms with Crippen LogP contribution in [0.4, 0.5) is 0 Å². The number of methoxy groups -OCH3 is 3. The number of phenolic OH excluding ortho intramolecular Hbond substituents is 1. The van der Waals surface area contributed by atoms with E-state index in [-0.39, 0.29) is 5.75 Å². The van der Waals surface area contributed by atoms with E-state index in [9.17, 15) is 5.11 Å². The van der Waals surface area contributed by atoms with Crippen LogP contribution in [0.25, 0.3) is 6.08 Å². The van der Waals surface area contributed by atoms with E-state index in [0.717, 1.165) is 16.9 Å². The number of aromatic hydroxyl groups is 1. The average Bonchev–Trinajstić information content (AvgIpc) is 2.56. The molecule has 2 aromatic rings. The lowest BCUT2D eigenvalue weighted by atomic mass is 10.1. The lowest BCUT2D eigenvalue weighted by Crippen LogP contribution is -1.93. The van der Waals surface area contributed by atoms with Crippen LogP contribution < -0.4 is 14.2 Å². The first-order chi connectivity index (χ1) is 10.7. The minimum absolute atomic E-state index is 0.188. The molecule has 0 saturated heterocycles. The molecule has 1 N–H and O–H groups in total. The molecule has 22 heavy (non-hydrogen) atoms. The predicted molar refractivity (Wildman–Crippen MR) is 86.9 cm³/mol. The van der Waals surface area contributed by atoms with Gasteiger partial charge in [-0.15, -0.1) is 0 Å². The van der Waals surface area contributed by atoms with Gasteiger partial charge in [0.1, 0.15) is 11.5 Å². The second-order valence-corrected chi connectivity index (χ2v) is 4.72. The zero-order valence-electron chi connectivity index (χ0n) is 13.0. The smallest absolute Gasteiger partial charge is 0.164 e. The summed E-state index contributed by atoms with van der Waals surface area (Å²) in [5.74, 6) is 2.12. The molecule has 0 aliphatic heterocycles. The highest BCUT2D eigenvalue weighted by atomic mass is 16.5. The van der Waals surface area contributed by atoms with E-state index in [1.54, 1.807) is 33.5 Å². The van der Waals surface area contributed by atoms with Gasteiger partial charge in [-0.2, -0.15) is 0 Å². The zero-order chi connectivity index (χ0) is 15.9. The first-order valence-electron chi connectivity index (χ1n) is 6.92. The molecular formula is C18H20O4. The number of benzene rings is 2. The monoisotopic (exact) mass is 300 g/mol. The molecule has 0 fully saturated rings. The molecule has 2 aromatic carbocycles. The van der Waals surface area contributed by atoms with Gasteiger partial charge >= 0.3 is 0 Å². The maximum absolute atomic E-state index is 10.0. The van der Waals surface area contributed by atoms with Gasteiger partial charge in [0.2, 0.25) is 0 Å². The van der Waals surface area contributed by atoms with E-state index < -0.39 is 0 Å². The predicted octanol–water partition coefficient (Wildman–Crippen LogP) is 3.67. The maximum Gasteiger partial charge on any atom is 0.164 e. The molecule has 0 radical (unpaired) electrons. The van der Waals surface area contributed by atoms with Crippen molar-refractivity contribution in [2.75, 3.05) is 21.3 Å². The molecule has 0 amide bonds. The van der Waals surface area contributed by atoms with Gasteiger partial charge in [-0.05, 0) is 30.2 Å². The Morgan fingerprint density at radius 3 is 2.36 bits per heavy atom. The molecule has 4 heteroatoms. The van der Waals surface area contributed by atoms with Crippen molar-refractivity contribution in [2.24, 2.45) is 0 Å². The van der Waals surface area contributed by atoms with Gasteiger partial charge in [0.05, 0.1) is 21.3 Å². The first-order valence-corrected chi connectivity index (χ1v) is 6.92. The van der Waals surface area contributed by atoms with E-state index in [2.05, 4.69) is 0 Å². The van der Waals surface area contributed by atoms with Crippen molar-refractivity contribution in [1.82, 2.24) is 0 Å². The van der Waals surface area contributed by atoms with E-state index in [0.29, 0.717) is 17.9 Å². The highest BCUT2D eigenvalue weighted by molar-refractivity contribution is 5.54. The molecule has 0 aromatic heterocycles. The van der Waals surface area contributed by atoms with Crippen molar-refractivity contribution < 1.29 is 19.3 Å². The number of hydrogen-bond donors (Lipinski definition) is 1. The third-order valence-electron chi connectivity index (χ3n) is 3.33. The highest BCUT2D eigenvalue weighted by Crippen LogP contribution is 2.34. The Morgan fingerprint density at radius 1 is 0.955 bits per heavy atom. The Kier molecular flexibility index (Phi) is 5.31. The Morgan fingerprint density at radius 2 is 1.68 bits per heavy atom. The van der Waals surface area contributed by atoms with E-state index in [4.69, 9.17) is 14.2 Å². The van der Waals surface area contributed by atoms with Gasteiger partial charge in [-0.3, -0.25) is 0 Å². The average molecular weight is 300 g/mol. The van der Waals surface area contributed by atoms with Gasteiger partial charge in [-0.25, -0.2) is 0 Å². The molecule has 0 atom stereocenters. The minimum Gasteiger partial charge on any atom is -0.508 e. The number of allylic oxidation sites excluding steroid dienone is 1. The summed E-state index contributed by atoms with van der Waals surface area (Å²) in [5, 5.41) is 10.0. The molecule has 0 heterocycles. The van der Waals surface area contributed by atoms with Crippen LogP contribution in [-0.2, 0) is 6.42 Å². The standard InChI is InChI=1S/C18H20O4/c1-20-15-9-5-7-13(10-15)6-4-8-14-11-17(21-2)18(22-3)12-16(14)19/h4-7,9-12,19H,8H2,1-3H3/b6-4+. The Balaban J connectivity index is 2.15. The molecule has 0 bridgehead atoms. The Labute approximate surface area is 130 Å². The molecular weight excluding hydrogens is 280 g/mol. The van der Waals surface area contributed by atoms with Gasteiger partial charge < -0.3 is 19.3 Å². The van der Waals surface area contributed by atoms with Gasteiger partial charge in [0.25, 0.3) is 0 Å². The number of phenols is 1. The molecule has 4 nitrogen and oxygen atoms in total. The van der Waals surface area contributed by atoms with E-state index in [1.165, 1.54) is 0 Å². The Bertz CT molecular complexity index is 662. The summed E-state index contributed by atoms with van der Waals surface area (Å²) >= 11 is 0. The lowest BCUT2D eigenvalue weighted by molar-refractivity contribution is 0.350. The molecule has 2 rings (SSSR count). The second kappa shape index (κ2) is 7.41. The van der Waals surface area contributed by atoms with Crippen LogP contribution in [0.2, 0.25) is 0 Å². The summed E-state index contributed by atoms with van der Waals surface area (Å²) in [6.07, 6.45) is 4.55. The molecule has 0 aliphatic carbocycles. The quantitative estimate of drug-likeness (QED) is 0.884. The summed E-state index contributed by atoms with van der Waals surface area (Å²) < 4.78 is 15.6. The van der Waals surface area contributed by atoms with Crippen LogP contribution in [0, 0.1) is 0 Å². The molecule has 116 valence electrons. The highest BCUT2D eigenvalue weighted by Gasteiger charge is 2.09. The van der Waals surface area contributed by atoms with Crippen LogP contribution in [0.5, 0.6) is 23.0 Å². The lowest BCUT2D eigenvalue weighted by Gasteiger charge is -2.10. The Hall–Kier alpha value is -2.62. The molecule has 0 unspecified atom stereocenters. The van der Waals surface area contributed by atoms with Crippen LogP contribution in [0.3, 0.4) is 0 Å². The third kappa shape index (κ3) is 3.73. The van der Waals surface area contributed by atoms with Crippen molar-refractivity contribution in [2.45, 2.75) is 6.42 Å². The number of rotatable bonds is 6. The normalized spacial score (nSPS) is 10.7. The molecule has 0 saturated carbocycles. The third-order valence-corrected chi connectivity index (χ3v) is 3.33. The van der Waals surface area contributed by atoms with E-state index in [1.807, 2.05) is 36.4 Å². The fourth-order valence-corrected chi connectivity index (χ4v) is 2.14. The first kappa shape index (κ1) is 15.8. The minimum atomic E-state index is 0.188. The topological polar surface area (TPSA) is 47.9 Å². The number of ether oxygens (including phenoxy) is 3. The van der Waals surface area contributed by atoms with Crippen molar-refractivity contribution in [3.63, 3.8) is 0 Å². The summed E-state index contributed by atoms with van der Waals surface area (Å²) in [6.45, 7) is 0. The largest absolute Gasteiger partial charge is 0.508 e. The summed E-state index contributed by atoms with van der Waals surface area (Å²) in [5.41, 5.74) is 1.82. The molecule has 0 aliphatic rings. The van der Waals surface area contributed by atoms with Crippen molar-refractivity contribution in [3.8, 4) is 23.0 Å². The van der Waals surface area contributed by atoms with Crippen molar-refractivity contribution in [1.29, 1.82) is 0 Å². The maximum atomic E-state index is 10.0. The van der Waals surface area contributed by atoms with Crippen molar-refractivity contribution in [3.05, 3.63) is 53.6 Å². The SMILES string of the molecule is COc1cccc(/C=C/Cc2cc(OC)c(OC)cc2O)c1. The summed E-state index contributed by atoms with van der Waals surface area (Å²) in [4.78, 5) is 0. The van der Waals surface area contributed by atoms with Gasteiger partial charge in [-0.1, -0.05) is 24.3 Å². The summed E-state index contributed by atoms with van der Waals surface area (Å²) in [6, 6.07) is 11.1. The van der Waals surface area contributed by atoms with E-state index >= 15 is 0 Å². The van der Waals surface area contributed by atoms with Crippen LogP contribution in [0.1, 0.15) is 11.1 Å². The van der Waals surface area contributed by atoms with Crippen LogP contribution >= 0.6 is 0 Å². The van der Waals surface area contributed by atoms with Gasteiger partial charge in [0, 0.05) is 11.6 Å². The molecule has 0 spiro atoms. The van der Waals surface area contributed by atoms with Crippen molar-refractivity contribution >= 4 is 6.08 Å². The summed E-state index contributed by atoms with van der Waals surface area (Å²) in [7, 11) is 4.76. The zero-order valence-corrected chi connectivity index (χ0v) is 13.0. The van der Waals surface area contributed by atoms with Gasteiger partial charge in [0.15, 0.2) is 11.5 Å².